The first-order chi connectivity index (χ1) is 9.83. The zero-order valence-corrected chi connectivity index (χ0v) is 11.4. The third kappa shape index (κ3) is 1.81. The van der Waals surface area contributed by atoms with Crippen LogP contribution in [0.1, 0.15) is 10.4 Å². The predicted octanol–water partition coefficient (Wildman–Crippen LogP) is 2.13. The fourth-order valence-electron chi connectivity index (χ4n) is 3.60. The number of carbonyl (C=O) groups is 1. The van der Waals surface area contributed by atoms with Crippen molar-refractivity contribution in [2.45, 2.75) is 0 Å². The third-order valence-corrected chi connectivity index (χ3v) is 4.70. The van der Waals surface area contributed by atoms with E-state index in [-0.39, 0.29) is 5.91 Å². The van der Waals surface area contributed by atoms with Crippen LogP contribution in [-0.4, -0.2) is 37.0 Å². The molecule has 20 heavy (non-hydrogen) atoms. The first-order valence-corrected chi connectivity index (χ1v) is 7.30. The molecule has 1 N–H and O–H groups in total. The molecule has 2 aliphatic heterocycles. The molecule has 2 saturated heterocycles. The van der Waals surface area contributed by atoms with Gasteiger partial charge in [-0.1, -0.05) is 36.4 Å². The number of nitrogens with zero attached hydrogens (tertiary/aromatic N) is 1. The number of hydrogen-bond acceptors (Lipinski definition) is 2. The molecule has 0 bridgehead atoms. The molecule has 2 fully saturated rings. The van der Waals surface area contributed by atoms with Crippen molar-refractivity contribution in [3.63, 3.8) is 0 Å². The first kappa shape index (κ1) is 11.9. The van der Waals surface area contributed by atoms with Gasteiger partial charge in [0.15, 0.2) is 0 Å². The van der Waals surface area contributed by atoms with E-state index in [1.807, 2.05) is 35.2 Å². The Morgan fingerprint density at radius 3 is 2.50 bits per heavy atom. The highest BCUT2D eigenvalue weighted by molar-refractivity contribution is 6.07. The topological polar surface area (TPSA) is 32.3 Å². The summed E-state index contributed by atoms with van der Waals surface area (Å²) in [4.78, 5) is 14.8. The molecular weight excluding hydrogens is 248 g/mol. The van der Waals surface area contributed by atoms with Gasteiger partial charge in [0.25, 0.3) is 5.91 Å². The molecule has 2 heterocycles. The van der Waals surface area contributed by atoms with Crippen molar-refractivity contribution in [1.82, 2.24) is 10.2 Å². The fourth-order valence-corrected chi connectivity index (χ4v) is 3.60. The van der Waals surface area contributed by atoms with Gasteiger partial charge in [0.2, 0.25) is 0 Å². The molecule has 2 aromatic rings. The van der Waals surface area contributed by atoms with Crippen molar-refractivity contribution in [1.29, 1.82) is 0 Å². The normalized spacial score (nSPS) is 25.1. The first-order valence-electron chi connectivity index (χ1n) is 7.30. The number of hydrogen-bond donors (Lipinski definition) is 1. The summed E-state index contributed by atoms with van der Waals surface area (Å²) in [6.45, 7) is 3.92. The van der Waals surface area contributed by atoms with Crippen molar-refractivity contribution in [2.24, 2.45) is 11.8 Å². The third-order valence-electron chi connectivity index (χ3n) is 4.70. The number of nitrogens with one attached hydrogen (secondary N) is 1. The van der Waals surface area contributed by atoms with Gasteiger partial charge >= 0.3 is 0 Å². The second-order valence-corrected chi connectivity index (χ2v) is 5.92. The Morgan fingerprint density at radius 2 is 1.70 bits per heavy atom. The highest BCUT2D eigenvalue weighted by Gasteiger charge is 2.38. The average molecular weight is 266 g/mol. The molecule has 3 nitrogen and oxygen atoms in total. The molecule has 4 rings (SSSR count). The molecule has 102 valence electrons. The standard InChI is InChI=1S/C17H18N2O/c20-17(19-10-13-8-18-9-14(13)11-19)16-7-3-5-12-4-1-2-6-15(12)16/h1-7,13-14,18H,8-11H2/t13-,14+. The van der Waals surface area contributed by atoms with Gasteiger partial charge in [-0.05, 0) is 28.7 Å². The van der Waals surface area contributed by atoms with Gasteiger partial charge in [0.05, 0.1) is 0 Å². The quantitative estimate of drug-likeness (QED) is 0.857. The molecule has 0 aliphatic carbocycles. The van der Waals surface area contributed by atoms with Crippen molar-refractivity contribution >= 4 is 16.7 Å². The average Bonchev–Trinajstić information content (AvgIpc) is 3.07. The van der Waals surface area contributed by atoms with Crippen molar-refractivity contribution in [2.75, 3.05) is 26.2 Å². The summed E-state index contributed by atoms with van der Waals surface area (Å²) in [6.07, 6.45) is 0. The Bertz CT molecular complexity index is 650. The predicted molar refractivity (Wildman–Crippen MR) is 79.7 cm³/mol. The van der Waals surface area contributed by atoms with E-state index >= 15 is 0 Å². The number of rotatable bonds is 1. The van der Waals surface area contributed by atoms with E-state index in [2.05, 4.69) is 17.4 Å². The highest BCUT2D eigenvalue weighted by atomic mass is 16.2. The summed E-state index contributed by atoms with van der Waals surface area (Å²) in [5, 5.41) is 5.62. The summed E-state index contributed by atoms with van der Waals surface area (Å²) < 4.78 is 0. The van der Waals surface area contributed by atoms with Crippen molar-refractivity contribution in [3.05, 3.63) is 48.0 Å². The number of carbonyl (C=O) groups excluding carboxylic acids is 1. The van der Waals surface area contributed by atoms with Gasteiger partial charge in [-0.2, -0.15) is 0 Å². The molecule has 0 saturated carbocycles. The number of benzene rings is 2. The summed E-state index contributed by atoms with van der Waals surface area (Å²) in [7, 11) is 0. The van der Waals surface area contributed by atoms with Crippen molar-refractivity contribution in [3.8, 4) is 0 Å². The van der Waals surface area contributed by atoms with Crippen molar-refractivity contribution < 1.29 is 4.79 Å². The van der Waals surface area contributed by atoms with Crippen LogP contribution < -0.4 is 5.32 Å². The molecule has 2 atom stereocenters. The largest absolute Gasteiger partial charge is 0.338 e. The van der Waals surface area contributed by atoms with Crippen LogP contribution in [0, 0.1) is 11.8 Å². The molecule has 3 heteroatoms. The summed E-state index contributed by atoms with van der Waals surface area (Å²) in [5.74, 6) is 1.49. The molecule has 0 unspecified atom stereocenters. The number of amides is 1. The van der Waals surface area contributed by atoms with Gasteiger partial charge in [-0.3, -0.25) is 4.79 Å². The second kappa shape index (κ2) is 4.60. The van der Waals surface area contributed by atoms with Gasteiger partial charge in [0.1, 0.15) is 0 Å². The van der Waals surface area contributed by atoms with Gasteiger partial charge in [-0.25, -0.2) is 0 Å². The van der Waals surface area contributed by atoms with Crippen LogP contribution in [0.4, 0.5) is 0 Å². The molecule has 0 radical (unpaired) electrons. The lowest BCUT2D eigenvalue weighted by Gasteiger charge is -2.18. The Morgan fingerprint density at radius 1 is 1.00 bits per heavy atom. The molecule has 2 aliphatic rings. The lowest BCUT2D eigenvalue weighted by molar-refractivity contribution is 0.0783. The zero-order valence-electron chi connectivity index (χ0n) is 11.4. The molecular formula is C17H18N2O. The molecule has 1 amide bonds. The maximum absolute atomic E-state index is 12.8. The van der Waals surface area contributed by atoms with Gasteiger partial charge in [-0.15, -0.1) is 0 Å². The van der Waals surface area contributed by atoms with Gasteiger partial charge in [0, 0.05) is 31.7 Å². The fraction of sp³-hybridized carbons (Fsp3) is 0.353. The highest BCUT2D eigenvalue weighted by Crippen LogP contribution is 2.29. The number of likely N-dealkylation sites (tertiary alicyclic amines) is 1. The Kier molecular flexibility index (Phi) is 2.74. The van der Waals surface area contributed by atoms with Crippen LogP contribution in [0.15, 0.2) is 42.5 Å². The minimum Gasteiger partial charge on any atom is -0.338 e. The van der Waals surface area contributed by atoms with Crippen LogP contribution in [0.5, 0.6) is 0 Å². The van der Waals surface area contributed by atoms with Crippen LogP contribution in [-0.2, 0) is 0 Å². The van der Waals surface area contributed by atoms with Crippen LogP contribution in [0.2, 0.25) is 0 Å². The summed E-state index contributed by atoms with van der Waals surface area (Å²) >= 11 is 0. The van der Waals surface area contributed by atoms with E-state index in [0.29, 0.717) is 11.8 Å². The zero-order chi connectivity index (χ0) is 13.5. The lowest BCUT2D eigenvalue weighted by atomic mass is 10.0. The Balaban J connectivity index is 1.68. The molecule has 0 aromatic heterocycles. The minimum absolute atomic E-state index is 0.191. The maximum atomic E-state index is 12.8. The van der Waals surface area contributed by atoms with Gasteiger partial charge < -0.3 is 10.2 Å². The van der Waals surface area contributed by atoms with Crippen LogP contribution in [0.25, 0.3) is 10.8 Å². The minimum atomic E-state index is 0.191. The summed E-state index contributed by atoms with van der Waals surface area (Å²) in [5.41, 5.74) is 0.844. The SMILES string of the molecule is O=C(c1cccc2ccccc12)N1C[C@H]2CNC[C@H]2C1. The monoisotopic (exact) mass is 266 g/mol. The summed E-state index contributed by atoms with van der Waals surface area (Å²) in [6, 6.07) is 14.1. The van der Waals surface area contributed by atoms with E-state index in [1.54, 1.807) is 0 Å². The van der Waals surface area contributed by atoms with E-state index in [1.165, 1.54) is 0 Å². The Hall–Kier alpha value is -1.87. The number of fused-ring (bicyclic) bond motifs is 2. The molecule has 0 spiro atoms. The maximum Gasteiger partial charge on any atom is 0.254 e. The van der Waals surface area contributed by atoms with E-state index in [9.17, 15) is 4.79 Å². The molecule has 2 aromatic carbocycles. The van der Waals surface area contributed by atoms with E-state index < -0.39 is 0 Å². The second-order valence-electron chi connectivity index (χ2n) is 5.92. The van der Waals surface area contributed by atoms with Crippen LogP contribution >= 0.6 is 0 Å². The van der Waals surface area contributed by atoms with E-state index in [0.717, 1.165) is 42.5 Å². The van der Waals surface area contributed by atoms with E-state index in [4.69, 9.17) is 0 Å². The Labute approximate surface area is 118 Å². The smallest absolute Gasteiger partial charge is 0.254 e. The lowest BCUT2D eigenvalue weighted by Crippen LogP contribution is -2.31. The van der Waals surface area contributed by atoms with Crippen LogP contribution in [0.3, 0.4) is 0 Å².